The van der Waals surface area contributed by atoms with Crippen molar-refractivity contribution in [1.29, 1.82) is 0 Å². The number of fused-ring (bicyclic) bond motifs is 1. The van der Waals surface area contributed by atoms with Gasteiger partial charge in [-0.2, -0.15) is 0 Å². The molecular formula is C35H34Cl2N6O3. The topological polar surface area (TPSA) is 121 Å². The first-order valence-corrected chi connectivity index (χ1v) is 15.9. The van der Waals surface area contributed by atoms with Crippen LogP contribution in [0.4, 0.5) is 0 Å². The Morgan fingerprint density at radius 3 is 2.35 bits per heavy atom. The molecule has 0 bridgehead atoms. The third-order valence-corrected chi connectivity index (χ3v) is 8.82. The van der Waals surface area contributed by atoms with Gasteiger partial charge < -0.3 is 25.8 Å². The van der Waals surface area contributed by atoms with Crippen molar-refractivity contribution in [2.75, 3.05) is 26.8 Å². The van der Waals surface area contributed by atoms with E-state index in [1.807, 2.05) is 66.9 Å². The molecule has 1 aliphatic heterocycles. The molecule has 1 fully saturated rings. The Labute approximate surface area is 277 Å². The Morgan fingerprint density at radius 1 is 0.913 bits per heavy atom. The molecule has 4 heterocycles. The molecule has 0 aliphatic carbocycles. The molecule has 2 aromatic carbocycles. The average molecular weight is 658 g/mol. The summed E-state index contributed by atoms with van der Waals surface area (Å²) in [7, 11) is 1.60. The molecule has 0 unspecified atom stereocenters. The van der Waals surface area contributed by atoms with Crippen molar-refractivity contribution >= 4 is 40.0 Å². The van der Waals surface area contributed by atoms with Crippen LogP contribution in [-0.4, -0.2) is 58.8 Å². The molecule has 1 aliphatic rings. The maximum Gasteiger partial charge on any atom is 0.220 e. The number of pyridine rings is 3. The molecule has 46 heavy (non-hydrogen) atoms. The number of hydrogen-bond acceptors (Lipinski definition) is 8. The fraction of sp³-hybridized carbons (Fsp3) is 0.257. The average Bonchev–Trinajstić information content (AvgIpc) is 3.49. The van der Waals surface area contributed by atoms with Crippen LogP contribution in [0.2, 0.25) is 10.0 Å². The van der Waals surface area contributed by atoms with E-state index in [2.05, 4.69) is 20.9 Å². The van der Waals surface area contributed by atoms with Crippen molar-refractivity contribution in [2.45, 2.75) is 32.0 Å². The molecule has 11 heteroatoms. The highest BCUT2D eigenvalue weighted by Crippen LogP contribution is 2.42. The highest BCUT2D eigenvalue weighted by Gasteiger charge is 2.21. The summed E-state index contributed by atoms with van der Waals surface area (Å²) in [4.78, 5) is 25.6. The van der Waals surface area contributed by atoms with Crippen LogP contribution in [0.15, 0.2) is 73.1 Å². The molecule has 4 N–H and O–H groups in total. The lowest BCUT2D eigenvalue weighted by Gasteiger charge is -2.15. The van der Waals surface area contributed by atoms with Gasteiger partial charge in [0.15, 0.2) is 0 Å². The molecule has 1 saturated heterocycles. The van der Waals surface area contributed by atoms with E-state index in [-0.39, 0.29) is 18.6 Å². The Bertz CT molecular complexity index is 1890. The van der Waals surface area contributed by atoms with E-state index in [1.165, 1.54) is 0 Å². The number of ether oxygens (including phenoxy) is 1. The molecule has 3 aromatic heterocycles. The highest BCUT2D eigenvalue weighted by molar-refractivity contribution is 6.39. The van der Waals surface area contributed by atoms with Crippen LogP contribution in [0.5, 0.6) is 5.88 Å². The predicted octanol–water partition coefficient (Wildman–Crippen LogP) is 5.79. The molecule has 0 spiro atoms. The lowest BCUT2D eigenvalue weighted by Crippen LogP contribution is -2.35. The Balaban J connectivity index is 1.25. The number of aliphatic hydroxyl groups excluding tert-OH is 1. The second-order valence-corrected chi connectivity index (χ2v) is 11.9. The van der Waals surface area contributed by atoms with Gasteiger partial charge in [0.05, 0.1) is 40.7 Å². The number of hydrogen-bond donors (Lipinski definition) is 4. The Hall–Kier alpha value is -4.12. The molecular weight excluding hydrogens is 623 g/mol. The monoisotopic (exact) mass is 656 g/mol. The molecule has 236 valence electrons. The zero-order valence-corrected chi connectivity index (χ0v) is 26.8. The molecule has 1 amide bonds. The Kier molecular flexibility index (Phi) is 10.1. The minimum Gasteiger partial charge on any atom is -0.481 e. The van der Waals surface area contributed by atoms with Gasteiger partial charge in [-0.1, -0.05) is 65.7 Å². The van der Waals surface area contributed by atoms with Gasteiger partial charge in [-0.3, -0.25) is 14.8 Å². The lowest BCUT2D eigenvalue weighted by molar-refractivity contribution is -0.119. The summed E-state index contributed by atoms with van der Waals surface area (Å²) in [5.74, 6) is 0.607. The summed E-state index contributed by atoms with van der Waals surface area (Å²) >= 11 is 14.1. The van der Waals surface area contributed by atoms with E-state index in [1.54, 1.807) is 13.3 Å². The largest absolute Gasteiger partial charge is 0.481 e. The summed E-state index contributed by atoms with van der Waals surface area (Å²) in [5, 5.41) is 20.5. The quantitative estimate of drug-likeness (QED) is 0.125. The lowest BCUT2D eigenvalue weighted by atomic mass is 9.98. The standard InChI is InChI=1S/C35H34Cl2N6O3/c1-46-35-22(18-39-20-24-9-11-32(45)42-24)8-10-29(43-35)27-6-2-4-25(33(27)36)26-5-3-7-28(34(26)37)31-15-30-23(19-41-31)14-21(17-40-30)16-38-12-13-44/h2-8,10,14-15,17,19,24,38-39,44H,9,11-13,16,18,20H2,1H3,(H,42,45)/t24-/m1/s1. The van der Waals surface area contributed by atoms with Crippen LogP contribution in [0.25, 0.3) is 44.5 Å². The third kappa shape index (κ3) is 6.99. The fourth-order valence-electron chi connectivity index (χ4n) is 5.64. The van der Waals surface area contributed by atoms with E-state index in [9.17, 15) is 4.79 Å². The first kappa shape index (κ1) is 31.8. The molecule has 9 nitrogen and oxygen atoms in total. The number of nitrogens with one attached hydrogen (secondary N) is 3. The van der Waals surface area contributed by atoms with E-state index in [0.29, 0.717) is 59.9 Å². The number of carbonyl (C=O) groups excluding carboxylic acids is 1. The predicted molar refractivity (Wildman–Crippen MR) is 182 cm³/mol. The molecule has 0 saturated carbocycles. The van der Waals surface area contributed by atoms with E-state index in [0.717, 1.165) is 50.7 Å². The zero-order chi connectivity index (χ0) is 32.0. The van der Waals surface area contributed by atoms with Gasteiger partial charge in [0.25, 0.3) is 0 Å². The maximum atomic E-state index is 11.5. The van der Waals surface area contributed by atoms with E-state index >= 15 is 0 Å². The summed E-state index contributed by atoms with van der Waals surface area (Å²) < 4.78 is 5.64. The molecule has 0 radical (unpaired) electrons. The van der Waals surface area contributed by atoms with Gasteiger partial charge in [-0.25, -0.2) is 4.98 Å². The SMILES string of the molecule is COc1nc(-c2cccc(-c3cccc(-c4cc5ncc(CNCCO)cc5cn4)c3Cl)c2Cl)ccc1CNC[C@H]1CCC(=O)N1. The van der Waals surface area contributed by atoms with Crippen LogP contribution in [-0.2, 0) is 17.9 Å². The number of aromatic nitrogens is 3. The maximum absolute atomic E-state index is 11.5. The number of aliphatic hydroxyl groups is 1. The summed E-state index contributed by atoms with van der Waals surface area (Å²) in [6.07, 6.45) is 5.04. The molecule has 5 aromatic rings. The molecule has 1 atom stereocenters. The third-order valence-electron chi connectivity index (χ3n) is 8.00. The normalized spacial score (nSPS) is 14.5. The van der Waals surface area contributed by atoms with Gasteiger partial charge in [0.1, 0.15) is 0 Å². The minimum absolute atomic E-state index is 0.0860. The number of nitrogens with zero attached hydrogens (tertiary/aromatic N) is 3. The van der Waals surface area contributed by atoms with Crippen molar-refractivity contribution in [3.63, 3.8) is 0 Å². The number of methoxy groups -OCH3 is 1. The number of carbonyl (C=O) groups is 1. The number of benzene rings is 2. The first-order chi connectivity index (χ1) is 22.4. The van der Waals surface area contributed by atoms with Gasteiger partial charge in [0.2, 0.25) is 11.8 Å². The van der Waals surface area contributed by atoms with Crippen LogP contribution in [0.3, 0.4) is 0 Å². The minimum atomic E-state index is 0.0860. The first-order valence-electron chi connectivity index (χ1n) is 15.1. The number of halogens is 2. The van der Waals surface area contributed by atoms with Crippen molar-refractivity contribution in [2.24, 2.45) is 0 Å². The van der Waals surface area contributed by atoms with Gasteiger partial charge >= 0.3 is 0 Å². The summed E-state index contributed by atoms with van der Waals surface area (Å²) in [6.45, 7) is 2.46. The molecule has 6 rings (SSSR count). The number of rotatable bonds is 12. The van der Waals surface area contributed by atoms with Crippen molar-refractivity contribution < 1.29 is 14.6 Å². The Morgan fingerprint density at radius 2 is 1.65 bits per heavy atom. The van der Waals surface area contributed by atoms with Crippen LogP contribution in [0.1, 0.15) is 24.0 Å². The van der Waals surface area contributed by atoms with Gasteiger partial charge in [-0.05, 0) is 30.2 Å². The summed E-state index contributed by atoms with van der Waals surface area (Å²) in [5.41, 5.74) is 7.18. The van der Waals surface area contributed by atoms with E-state index in [4.69, 9.17) is 43.0 Å². The second kappa shape index (κ2) is 14.5. The van der Waals surface area contributed by atoms with Crippen LogP contribution >= 0.6 is 23.2 Å². The van der Waals surface area contributed by atoms with Crippen molar-refractivity contribution in [3.05, 3.63) is 94.2 Å². The second-order valence-electron chi connectivity index (χ2n) is 11.1. The van der Waals surface area contributed by atoms with Crippen LogP contribution in [0, 0.1) is 0 Å². The van der Waals surface area contributed by atoms with Crippen LogP contribution < -0.4 is 20.7 Å². The zero-order valence-electron chi connectivity index (χ0n) is 25.3. The smallest absolute Gasteiger partial charge is 0.220 e. The summed E-state index contributed by atoms with van der Waals surface area (Å²) in [6, 6.07) is 19.6. The van der Waals surface area contributed by atoms with Gasteiger partial charge in [0, 0.05) is 84.2 Å². The fourth-order valence-corrected chi connectivity index (χ4v) is 6.29. The number of amides is 1. The van der Waals surface area contributed by atoms with Crippen molar-refractivity contribution in [1.82, 2.24) is 30.9 Å². The highest BCUT2D eigenvalue weighted by atomic mass is 35.5. The van der Waals surface area contributed by atoms with Gasteiger partial charge in [-0.15, -0.1) is 0 Å². The van der Waals surface area contributed by atoms with Crippen molar-refractivity contribution in [3.8, 4) is 39.5 Å². The van der Waals surface area contributed by atoms with E-state index < -0.39 is 0 Å².